The average Bonchev–Trinajstić information content (AvgIpc) is 3.10. The Morgan fingerprint density at radius 2 is 1.89 bits per heavy atom. The molecule has 0 aliphatic rings. The predicted molar refractivity (Wildman–Crippen MR) is 93.4 cm³/mol. The fraction of sp³-hybridized carbons (Fsp3) is 0.688. The molecule has 0 aliphatic carbocycles. The van der Waals surface area contributed by atoms with Gasteiger partial charge in [-0.05, 0) is 26.2 Å². The lowest BCUT2D eigenvalue weighted by Gasteiger charge is -2.14. The summed E-state index contributed by atoms with van der Waals surface area (Å²) in [5, 5.41) is 27.0. The molecule has 1 aromatic heterocycles. The van der Waals surface area contributed by atoms with Gasteiger partial charge in [0.15, 0.2) is 5.82 Å². The van der Waals surface area contributed by atoms with Crippen LogP contribution in [0.2, 0.25) is 0 Å². The van der Waals surface area contributed by atoms with E-state index in [0.717, 1.165) is 19.3 Å². The molecule has 11 nitrogen and oxygen atoms in total. The Bertz CT molecular complexity index is 633. The molecule has 1 aromatic rings. The van der Waals surface area contributed by atoms with E-state index < -0.39 is 17.9 Å². The Balaban J connectivity index is 2.24. The van der Waals surface area contributed by atoms with Crippen molar-refractivity contribution in [3.05, 3.63) is 5.82 Å². The quantitative estimate of drug-likeness (QED) is 0.334. The number of rotatable bonds is 13. The number of unbranched alkanes of at least 4 members (excludes halogenated alkanes) is 1. The third-order valence-electron chi connectivity index (χ3n) is 4.08. The van der Waals surface area contributed by atoms with Crippen LogP contribution in [0.25, 0.3) is 0 Å². The van der Waals surface area contributed by atoms with Crippen LogP contribution in [-0.4, -0.2) is 61.9 Å². The standard InChI is InChI=1S/C16H26N6O5/c1-10(11(2)23)5-3-4-8-17-14(24)7-6-12(16(26)27)18-15(25)9-13-19-21-22-20-13/h10,12H,3-9H2,1-2H3,(H,17,24)(H,18,25)(H,26,27)(H,19,20,21,22)/t10-,12?/m0/s1. The van der Waals surface area contributed by atoms with Crippen molar-refractivity contribution in [3.8, 4) is 0 Å². The van der Waals surface area contributed by atoms with E-state index in [1.165, 1.54) is 0 Å². The van der Waals surface area contributed by atoms with E-state index in [4.69, 9.17) is 0 Å². The molecule has 2 amide bonds. The smallest absolute Gasteiger partial charge is 0.326 e. The minimum Gasteiger partial charge on any atom is -0.480 e. The van der Waals surface area contributed by atoms with Gasteiger partial charge in [-0.1, -0.05) is 18.6 Å². The topological polar surface area (TPSA) is 167 Å². The van der Waals surface area contributed by atoms with Crippen molar-refractivity contribution in [3.63, 3.8) is 0 Å². The largest absolute Gasteiger partial charge is 0.480 e. The molecule has 0 radical (unpaired) electrons. The molecule has 0 saturated heterocycles. The van der Waals surface area contributed by atoms with E-state index in [-0.39, 0.29) is 42.7 Å². The number of carboxylic acids is 1. The first-order valence-electron chi connectivity index (χ1n) is 8.81. The molecule has 0 saturated carbocycles. The van der Waals surface area contributed by atoms with E-state index in [2.05, 4.69) is 31.3 Å². The molecule has 27 heavy (non-hydrogen) atoms. The van der Waals surface area contributed by atoms with Gasteiger partial charge in [0.25, 0.3) is 0 Å². The number of carbonyl (C=O) groups is 4. The summed E-state index contributed by atoms with van der Waals surface area (Å²) >= 11 is 0. The summed E-state index contributed by atoms with van der Waals surface area (Å²) in [5.41, 5.74) is 0. The van der Waals surface area contributed by atoms with Gasteiger partial charge < -0.3 is 15.7 Å². The van der Waals surface area contributed by atoms with Crippen LogP contribution in [0.5, 0.6) is 0 Å². The maximum atomic E-state index is 11.8. The minimum absolute atomic E-state index is 0.0214. The fourth-order valence-corrected chi connectivity index (χ4v) is 2.27. The number of tetrazole rings is 1. The van der Waals surface area contributed by atoms with E-state index in [0.29, 0.717) is 6.54 Å². The number of Topliss-reactive ketones (excluding diaryl/α,β-unsaturated/α-hetero) is 1. The molecule has 4 N–H and O–H groups in total. The number of carbonyl (C=O) groups excluding carboxylic acids is 3. The molecule has 0 spiro atoms. The van der Waals surface area contributed by atoms with Gasteiger partial charge in [0.05, 0.1) is 6.42 Å². The van der Waals surface area contributed by atoms with Crippen molar-refractivity contribution in [2.24, 2.45) is 5.92 Å². The third kappa shape index (κ3) is 9.42. The molecule has 1 unspecified atom stereocenters. The zero-order chi connectivity index (χ0) is 20.2. The third-order valence-corrected chi connectivity index (χ3v) is 4.08. The SMILES string of the molecule is CC(=O)[C@@H](C)CCCCNC(=O)CCC(NC(=O)Cc1nn[nH]n1)C(=O)O. The molecule has 0 aromatic carbocycles. The Hall–Kier alpha value is -2.85. The summed E-state index contributed by atoms with van der Waals surface area (Å²) in [4.78, 5) is 46.0. The highest BCUT2D eigenvalue weighted by Crippen LogP contribution is 2.08. The van der Waals surface area contributed by atoms with Gasteiger partial charge in [-0.3, -0.25) is 14.4 Å². The fourth-order valence-electron chi connectivity index (χ4n) is 2.27. The number of ketones is 1. The van der Waals surface area contributed by atoms with Crippen LogP contribution < -0.4 is 10.6 Å². The molecular formula is C16H26N6O5. The van der Waals surface area contributed by atoms with Crippen LogP contribution in [0.3, 0.4) is 0 Å². The second-order valence-electron chi connectivity index (χ2n) is 6.36. The average molecular weight is 382 g/mol. The predicted octanol–water partition coefficient (Wildman–Crippen LogP) is -0.397. The van der Waals surface area contributed by atoms with E-state index in [9.17, 15) is 24.3 Å². The Morgan fingerprint density at radius 3 is 2.48 bits per heavy atom. The van der Waals surface area contributed by atoms with Crippen molar-refractivity contribution in [1.82, 2.24) is 31.3 Å². The summed E-state index contributed by atoms with van der Waals surface area (Å²) in [6.07, 6.45) is 2.09. The van der Waals surface area contributed by atoms with Crippen molar-refractivity contribution < 1.29 is 24.3 Å². The highest BCUT2D eigenvalue weighted by Gasteiger charge is 2.21. The molecular weight excluding hydrogens is 356 g/mol. The first-order chi connectivity index (χ1) is 12.8. The Kier molecular flexibility index (Phi) is 9.62. The van der Waals surface area contributed by atoms with Gasteiger partial charge in [-0.15, -0.1) is 10.2 Å². The first kappa shape index (κ1) is 22.2. The van der Waals surface area contributed by atoms with Crippen molar-refractivity contribution in [1.29, 1.82) is 0 Å². The monoisotopic (exact) mass is 382 g/mol. The zero-order valence-corrected chi connectivity index (χ0v) is 15.5. The second kappa shape index (κ2) is 11.7. The van der Waals surface area contributed by atoms with Gasteiger partial charge in [-0.2, -0.15) is 5.21 Å². The van der Waals surface area contributed by atoms with Crippen LogP contribution in [0.1, 0.15) is 51.8 Å². The minimum atomic E-state index is -1.22. The summed E-state index contributed by atoms with van der Waals surface area (Å²) in [7, 11) is 0. The van der Waals surface area contributed by atoms with E-state index in [1.54, 1.807) is 6.92 Å². The molecule has 11 heteroatoms. The van der Waals surface area contributed by atoms with Gasteiger partial charge >= 0.3 is 5.97 Å². The van der Waals surface area contributed by atoms with Gasteiger partial charge in [-0.25, -0.2) is 4.79 Å². The lowest BCUT2D eigenvalue weighted by atomic mass is 10.0. The van der Waals surface area contributed by atoms with Crippen molar-refractivity contribution >= 4 is 23.6 Å². The molecule has 150 valence electrons. The normalized spacial score (nSPS) is 12.8. The van der Waals surface area contributed by atoms with Crippen LogP contribution in [-0.2, 0) is 25.6 Å². The highest BCUT2D eigenvalue weighted by molar-refractivity contribution is 5.85. The maximum absolute atomic E-state index is 11.8. The van der Waals surface area contributed by atoms with Crippen LogP contribution >= 0.6 is 0 Å². The highest BCUT2D eigenvalue weighted by atomic mass is 16.4. The van der Waals surface area contributed by atoms with Gasteiger partial charge in [0.2, 0.25) is 11.8 Å². The molecule has 0 fully saturated rings. The summed E-state index contributed by atoms with van der Waals surface area (Å²) in [5.74, 6) is -1.75. The molecule has 0 bridgehead atoms. The number of hydrogen-bond donors (Lipinski definition) is 4. The number of aromatic nitrogens is 4. The second-order valence-corrected chi connectivity index (χ2v) is 6.36. The maximum Gasteiger partial charge on any atom is 0.326 e. The zero-order valence-electron chi connectivity index (χ0n) is 15.5. The molecule has 1 heterocycles. The number of amides is 2. The van der Waals surface area contributed by atoms with Crippen LogP contribution in [0, 0.1) is 5.92 Å². The lowest BCUT2D eigenvalue weighted by Crippen LogP contribution is -2.42. The number of H-pyrrole nitrogens is 1. The molecule has 0 aliphatic heterocycles. The molecule has 2 atom stereocenters. The number of nitrogens with zero attached hydrogens (tertiary/aromatic N) is 3. The number of carboxylic acid groups (broad SMARTS) is 1. The lowest BCUT2D eigenvalue weighted by molar-refractivity contribution is -0.142. The number of aromatic amines is 1. The van der Waals surface area contributed by atoms with Gasteiger partial charge in [0.1, 0.15) is 11.8 Å². The summed E-state index contributed by atoms with van der Waals surface area (Å²) < 4.78 is 0. The molecule has 1 rings (SSSR count). The van der Waals surface area contributed by atoms with E-state index >= 15 is 0 Å². The van der Waals surface area contributed by atoms with Crippen LogP contribution in [0.4, 0.5) is 0 Å². The van der Waals surface area contributed by atoms with Crippen molar-refractivity contribution in [2.75, 3.05) is 6.54 Å². The summed E-state index contributed by atoms with van der Waals surface area (Å²) in [6.45, 7) is 3.90. The van der Waals surface area contributed by atoms with E-state index in [1.807, 2.05) is 6.92 Å². The number of nitrogens with one attached hydrogen (secondary N) is 3. The number of aliphatic carboxylic acids is 1. The summed E-state index contributed by atoms with van der Waals surface area (Å²) in [6, 6.07) is -1.17. The number of hydrogen-bond acceptors (Lipinski definition) is 7. The van der Waals surface area contributed by atoms with Crippen LogP contribution in [0.15, 0.2) is 0 Å². The van der Waals surface area contributed by atoms with Crippen molar-refractivity contribution in [2.45, 2.75) is 58.4 Å². The Labute approximate surface area is 156 Å². The first-order valence-corrected chi connectivity index (χ1v) is 8.81. The Morgan fingerprint density at radius 1 is 1.15 bits per heavy atom. The van der Waals surface area contributed by atoms with Gasteiger partial charge in [0, 0.05) is 18.9 Å².